The molecule has 0 amide bonds. The summed E-state index contributed by atoms with van der Waals surface area (Å²) in [4.78, 5) is 31.0. The summed E-state index contributed by atoms with van der Waals surface area (Å²) >= 11 is 3.32. The third-order valence-electron chi connectivity index (χ3n) is 4.38. The summed E-state index contributed by atoms with van der Waals surface area (Å²) in [5.74, 6) is 0.165. The minimum Gasteiger partial charge on any atom is -0.507 e. The number of benzene rings is 1. The number of rotatable bonds is 8. The van der Waals surface area contributed by atoms with Crippen molar-refractivity contribution in [1.82, 2.24) is 19.1 Å². The van der Waals surface area contributed by atoms with Crippen molar-refractivity contribution in [3.63, 3.8) is 0 Å². The van der Waals surface area contributed by atoms with E-state index in [1.54, 1.807) is 12.1 Å². The van der Waals surface area contributed by atoms with E-state index in [9.17, 15) is 19.8 Å². The van der Waals surface area contributed by atoms with Gasteiger partial charge in [0, 0.05) is 17.1 Å². The lowest BCUT2D eigenvalue weighted by atomic mass is 10.2. The first-order valence-electron chi connectivity index (χ1n) is 9.44. The number of aromatic amines is 1. The Labute approximate surface area is 185 Å². The second-order valence-corrected chi connectivity index (χ2v) is 8.06. The Balaban J connectivity index is 1.99. The molecule has 0 bridgehead atoms. The van der Waals surface area contributed by atoms with E-state index in [-0.39, 0.29) is 42.1 Å². The largest absolute Gasteiger partial charge is 0.507 e. The van der Waals surface area contributed by atoms with Gasteiger partial charge in [-0.2, -0.15) is 10.1 Å². The van der Waals surface area contributed by atoms with Crippen LogP contribution in [0.3, 0.4) is 0 Å². The molecule has 2 heterocycles. The standard InChI is InChI=1S/C19H23BrN6O5/c1-10(2)31-9-13(27)8-26-15-16(25(3)19(30)23-17(15)29)22-18(26)24-21-7-11-6-12(20)4-5-14(11)28/h4-7,10,13,27-28H,8-9H2,1-3H3,(H,22,24)(H,23,29,30)/b21-7-/t13-/m0/s1. The highest BCUT2D eigenvalue weighted by Gasteiger charge is 2.19. The van der Waals surface area contributed by atoms with Gasteiger partial charge in [0.2, 0.25) is 5.95 Å². The van der Waals surface area contributed by atoms with Gasteiger partial charge in [0.25, 0.3) is 5.56 Å². The van der Waals surface area contributed by atoms with Crippen LogP contribution in [-0.2, 0) is 18.3 Å². The summed E-state index contributed by atoms with van der Waals surface area (Å²) in [7, 11) is 1.48. The van der Waals surface area contributed by atoms with Crippen LogP contribution in [0.15, 0.2) is 37.4 Å². The molecule has 0 spiro atoms. The number of aliphatic hydroxyl groups is 1. The van der Waals surface area contributed by atoms with E-state index in [4.69, 9.17) is 4.74 Å². The van der Waals surface area contributed by atoms with E-state index >= 15 is 0 Å². The minimum absolute atomic E-state index is 0.0233. The Hall–Kier alpha value is -2.96. The van der Waals surface area contributed by atoms with E-state index < -0.39 is 17.4 Å². The first-order chi connectivity index (χ1) is 14.7. The number of hydrogen-bond donors (Lipinski definition) is 4. The molecular formula is C19H23BrN6O5. The lowest BCUT2D eigenvalue weighted by Crippen LogP contribution is -2.30. The normalized spacial score (nSPS) is 12.8. The van der Waals surface area contributed by atoms with Gasteiger partial charge in [-0.05, 0) is 32.0 Å². The second-order valence-electron chi connectivity index (χ2n) is 7.15. The number of ether oxygens (including phenoxy) is 1. The van der Waals surface area contributed by atoms with Gasteiger partial charge in [0.05, 0.1) is 31.6 Å². The summed E-state index contributed by atoms with van der Waals surface area (Å²) in [6.45, 7) is 3.72. The number of halogens is 1. The number of aryl methyl sites for hydroxylation is 1. The Morgan fingerprint density at radius 2 is 2.13 bits per heavy atom. The van der Waals surface area contributed by atoms with E-state index in [2.05, 4.69) is 36.4 Å². The maximum atomic E-state index is 12.5. The molecular weight excluding hydrogens is 472 g/mol. The Bertz CT molecular complexity index is 1230. The number of hydrazone groups is 1. The Kier molecular flexibility index (Phi) is 6.93. The molecule has 0 radical (unpaired) electrons. The average Bonchev–Trinajstić information content (AvgIpc) is 3.06. The molecule has 0 aliphatic carbocycles. The van der Waals surface area contributed by atoms with E-state index in [1.165, 1.54) is 28.5 Å². The first-order valence-corrected chi connectivity index (χ1v) is 10.2. The lowest BCUT2D eigenvalue weighted by molar-refractivity contribution is -0.000105. The molecule has 12 heteroatoms. The average molecular weight is 495 g/mol. The zero-order valence-corrected chi connectivity index (χ0v) is 18.8. The van der Waals surface area contributed by atoms with Gasteiger partial charge in [-0.15, -0.1) is 0 Å². The van der Waals surface area contributed by atoms with Crippen LogP contribution in [0.25, 0.3) is 11.2 Å². The van der Waals surface area contributed by atoms with Crippen LogP contribution in [0.5, 0.6) is 5.75 Å². The number of aromatic hydroxyl groups is 1. The number of phenols is 1. The molecule has 11 nitrogen and oxygen atoms in total. The van der Waals surface area contributed by atoms with Crippen molar-refractivity contribution in [1.29, 1.82) is 0 Å². The predicted octanol–water partition coefficient (Wildman–Crippen LogP) is 1.12. The maximum Gasteiger partial charge on any atom is 0.329 e. The number of imidazole rings is 1. The highest BCUT2D eigenvalue weighted by Crippen LogP contribution is 2.20. The molecule has 0 saturated carbocycles. The molecule has 2 aromatic heterocycles. The van der Waals surface area contributed by atoms with Gasteiger partial charge in [-0.25, -0.2) is 10.2 Å². The number of fused-ring (bicyclic) bond motifs is 1. The third kappa shape index (κ3) is 5.21. The van der Waals surface area contributed by atoms with Crippen molar-refractivity contribution >= 4 is 39.3 Å². The van der Waals surface area contributed by atoms with Gasteiger partial charge in [-0.1, -0.05) is 15.9 Å². The van der Waals surface area contributed by atoms with Crippen molar-refractivity contribution in [3.8, 4) is 5.75 Å². The van der Waals surface area contributed by atoms with Crippen LogP contribution in [-0.4, -0.2) is 54.3 Å². The zero-order valence-electron chi connectivity index (χ0n) is 17.2. The fraction of sp³-hybridized carbons (Fsp3) is 0.368. The highest BCUT2D eigenvalue weighted by atomic mass is 79.9. The van der Waals surface area contributed by atoms with E-state index in [0.29, 0.717) is 5.56 Å². The number of phenolic OH excluding ortho intramolecular Hbond substituents is 1. The first kappa shape index (κ1) is 22.7. The predicted molar refractivity (Wildman–Crippen MR) is 120 cm³/mol. The van der Waals surface area contributed by atoms with E-state index in [0.717, 1.165) is 4.47 Å². The lowest BCUT2D eigenvalue weighted by Gasteiger charge is -2.15. The molecule has 4 N–H and O–H groups in total. The van der Waals surface area contributed by atoms with Crippen LogP contribution in [0, 0.1) is 0 Å². The SMILES string of the molecule is CC(C)OC[C@@H](O)Cn1c(N/N=C\c2cc(Br)ccc2O)nc2c1c(=O)[nH]c(=O)n2C. The van der Waals surface area contributed by atoms with Gasteiger partial charge in [-0.3, -0.25) is 14.3 Å². The number of nitrogens with zero attached hydrogens (tertiary/aromatic N) is 4. The second kappa shape index (κ2) is 9.45. The monoisotopic (exact) mass is 494 g/mol. The van der Waals surface area contributed by atoms with Gasteiger partial charge in [0.1, 0.15) is 5.75 Å². The van der Waals surface area contributed by atoms with Crippen molar-refractivity contribution in [3.05, 3.63) is 49.1 Å². The Morgan fingerprint density at radius 1 is 1.39 bits per heavy atom. The number of aliphatic hydroxyl groups excluding tert-OH is 1. The Morgan fingerprint density at radius 3 is 2.84 bits per heavy atom. The third-order valence-corrected chi connectivity index (χ3v) is 4.87. The van der Waals surface area contributed by atoms with Crippen LogP contribution in [0.2, 0.25) is 0 Å². The van der Waals surface area contributed by atoms with Crippen molar-refractivity contribution in [2.45, 2.75) is 32.6 Å². The molecule has 1 atom stereocenters. The fourth-order valence-electron chi connectivity index (χ4n) is 2.85. The number of aromatic nitrogens is 4. The molecule has 31 heavy (non-hydrogen) atoms. The van der Waals surface area contributed by atoms with E-state index in [1.807, 2.05) is 13.8 Å². The van der Waals surface area contributed by atoms with Gasteiger partial charge in [0.15, 0.2) is 11.2 Å². The minimum atomic E-state index is -0.935. The van der Waals surface area contributed by atoms with Gasteiger partial charge >= 0.3 is 5.69 Å². The van der Waals surface area contributed by atoms with Crippen LogP contribution in [0.4, 0.5) is 5.95 Å². The molecule has 0 fully saturated rings. The summed E-state index contributed by atoms with van der Waals surface area (Å²) in [6.07, 6.45) is 0.374. The van der Waals surface area contributed by atoms with Crippen LogP contribution < -0.4 is 16.7 Å². The van der Waals surface area contributed by atoms with Gasteiger partial charge < -0.3 is 19.5 Å². The topological polar surface area (TPSA) is 147 Å². The number of hydrogen-bond acceptors (Lipinski definition) is 8. The summed E-state index contributed by atoms with van der Waals surface area (Å²) in [6, 6.07) is 4.87. The molecule has 0 unspecified atom stereocenters. The maximum absolute atomic E-state index is 12.5. The number of nitrogens with one attached hydrogen (secondary N) is 2. The molecule has 3 rings (SSSR count). The quantitative estimate of drug-likeness (QED) is 0.271. The summed E-state index contributed by atoms with van der Waals surface area (Å²) in [5, 5.41) is 24.4. The molecule has 166 valence electrons. The molecule has 3 aromatic rings. The van der Waals surface area contributed by atoms with Crippen molar-refractivity contribution in [2.24, 2.45) is 12.1 Å². The van der Waals surface area contributed by atoms with Crippen LogP contribution in [0.1, 0.15) is 19.4 Å². The van der Waals surface area contributed by atoms with Crippen molar-refractivity contribution < 1.29 is 14.9 Å². The van der Waals surface area contributed by atoms with Crippen LogP contribution >= 0.6 is 15.9 Å². The molecule has 1 aromatic carbocycles. The smallest absolute Gasteiger partial charge is 0.329 e. The molecule has 0 aliphatic rings. The highest BCUT2D eigenvalue weighted by molar-refractivity contribution is 9.10. The number of anilines is 1. The molecule has 0 saturated heterocycles. The number of H-pyrrole nitrogens is 1. The summed E-state index contributed by atoms with van der Waals surface area (Å²) < 4.78 is 8.82. The zero-order chi connectivity index (χ0) is 22.7. The fourth-order valence-corrected chi connectivity index (χ4v) is 3.23. The van der Waals surface area contributed by atoms with Crippen molar-refractivity contribution in [2.75, 3.05) is 12.0 Å². The summed E-state index contributed by atoms with van der Waals surface area (Å²) in [5.41, 5.74) is 2.15. The molecule has 0 aliphatic heterocycles.